The number of benzene rings is 3. The highest BCUT2D eigenvalue weighted by Crippen LogP contribution is 2.25. The fourth-order valence-corrected chi connectivity index (χ4v) is 3.31. The van der Waals surface area contributed by atoms with Gasteiger partial charge in [0.05, 0.1) is 5.69 Å². The van der Waals surface area contributed by atoms with E-state index in [0.29, 0.717) is 0 Å². The van der Waals surface area contributed by atoms with Crippen LogP contribution in [0.2, 0.25) is 0 Å². The first-order chi connectivity index (χ1) is 13.0. The van der Waals surface area contributed by atoms with E-state index in [4.69, 9.17) is 0 Å². The minimum Gasteiger partial charge on any atom is -0.282 e. The zero-order valence-electron chi connectivity index (χ0n) is 14.1. The standard InChI is InChI=1S/C21H15NO4S/c23-15-22-20-13-12-19(21(14-20)27(24,25)26)11-8-16-6-9-18(10-7-16)17-4-2-1-3-5-17/h1-14H,(H,24,25,26). The van der Waals surface area contributed by atoms with E-state index < -0.39 is 10.1 Å². The molecule has 0 aliphatic rings. The highest BCUT2D eigenvalue weighted by Gasteiger charge is 2.14. The lowest BCUT2D eigenvalue weighted by Crippen LogP contribution is -2.00. The minimum absolute atomic E-state index is 0.0991. The summed E-state index contributed by atoms with van der Waals surface area (Å²) in [6, 6.07) is 21.8. The number of isocyanates is 1. The number of aliphatic imine (C=N–C) groups is 1. The lowest BCUT2D eigenvalue weighted by Gasteiger charge is -2.04. The predicted molar refractivity (Wildman–Crippen MR) is 105 cm³/mol. The molecule has 0 fully saturated rings. The van der Waals surface area contributed by atoms with Crippen LogP contribution in [0.1, 0.15) is 11.1 Å². The van der Waals surface area contributed by atoms with Crippen LogP contribution >= 0.6 is 0 Å². The van der Waals surface area contributed by atoms with Gasteiger partial charge in [0.15, 0.2) is 0 Å². The second kappa shape index (κ2) is 7.93. The van der Waals surface area contributed by atoms with Gasteiger partial charge in [0.25, 0.3) is 10.1 Å². The van der Waals surface area contributed by atoms with Crippen LogP contribution in [0.4, 0.5) is 5.69 Å². The molecule has 0 amide bonds. The second-order valence-corrected chi connectivity index (χ2v) is 7.11. The van der Waals surface area contributed by atoms with E-state index in [1.807, 2.05) is 54.6 Å². The van der Waals surface area contributed by atoms with Gasteiger partial charge in [-0.1, -0.05) is 72.8 Å². The summed E-state index contributed by atoms with van der Waals surface area (Å²) in [6.45, 7) is 0. The number of hydrogen-bond donors (Lipinski definition) is 1. The van der Waals surface area contributed by atoms with Crippen LogP contribution in [0.3, 0.4) is 0 Å². The Labute approximate surface area is 157 Å². The molecule has 27 heavy (non-hydrogen) atoms. The molecule has 0 bridgehead atoms. The van der Waals surface area contributed by atoms with E-state index in [1.165, 1.54) is 18.2 Å². The van der Waals surface area contributed by atoms with Crippen molar-refractivity contribution in [3.8, 4) is 11.1 Å². The molecule has 0 aliphatic heterocycles. The van der Waals surface area contributed by atoms with Crippen molar-refractivity contribution in [1.29, 1.82) is 0 Å². The summed E-state index contributed by atoms with van der Waals surface area (Å²) in [6.07, 6.45) is 4.66. The van der Waals surface area contributed by atoms with Crippen molar-refractivity contribution in [2.75, 3.05) is 0 Å². The predicted octanol–water partition coefficient (Wildman–Crippen LogP) is 4.74. The molecular weight excluding hydrogens is 362 g/mol. The molecule has 3 rings (SSSR count). The van der Waals surface area contributed by atoms with Gasteiger partial charge in [-0.25, -0.2) is 4.79 Å². The molecule has 134 valence electrons. The third-order valence-corrected chi connectivity index (χ3v) is 4.83. The number of nitrogens with zero attached hydrogens (tertiary/aromatic N) is 1. The minimum atomic E-state index is -4.46. The molecule has 0 spiro atoms. The maximum atomic E-state index is 11.6. The molecule has 6 heteroatoms. The van der Waals surface area contributed by atoms with Crippen molar-refractivity contribution in [1.82, 2.24) is 0 Å². The zero-order valence-corrected chi connectivity index (χ0v) is 14.9. The Morgan fingerprint density at radius 1 is 0.852 bits per heavy atom. The van der Waals surface area contributed by atoms with Gasteiger partial charge in [-0.2, -0.15) is 13.4 Å². The number of hydrogen-bond acceptors (Lipinski definition) is 4. The summed E-state index contributed by atoms with van der Waals surface area (Å²) in [7, 11) is -4.46. The molecule has 0 aromatic heterocycles. The smallest absolute Gasteiger partial charge is 0.282 e. The monoisotopic (exact) mass is 377 g/mol. The first-order valence-corrected chi connectivity index (χ1v) is 9.44. The van der Waals surface area contributed by atoms with E-state index in [-0.39, 0.29) is 16.1 Å². The Balaban J connectivity index is 1.91. The van der Waals surface area contributed by atoms with E-state index in [0.717, 1.165) is 22.8 Å². The first kappa shape index (κ1) is 18.5. The topological polar surface area (TPSA) is 83.8 Å². The van der Waals surface area contributed by atoms with Crippen molar-refractivity contribution in [3.05, 3.63) is 83.9 Å². The van der Waals surface area contributed by atoms with Gasteiger partial charge in [-0.3, -0.25) is 4.55 Å². The molecule has 0 radical (unpaired) electrons. The van der Waals surface area contributed by atoms with Crippen molar-refractivity contribution >= 4 is 34.0 Å². The van der Waals surface area contributed by atoms with E-state index in [1.54, 1.807) is 12.2 Å². The summed E-state index contributed by atoms with van der Waals surface area (Å²) in [5, 5.41) is 0. The van der Waals surface area contributed by atoms with E-state index in [9.17, 15) is 17.8 Å². The lowest BCUT2D eigenvalue weighted by atomic mass is 10.0. The molecule has 0 saturated heterocycles. The summed E-state index contributed by atoms with van der Waals surface area (Å²) >= 11 is 0. The van der Waals surface area contributed by atoms with Crippen LogP contribution in [0, 0.1) is 0 Å². The van der Waals surface area contributed by atoms with Gasteiger partial charge in [0, 0.05) is 0 Å². The Kier molecular flexibility index (Phi) is 5.43. The molecule has 0 atom stereocenters. The summed E-state index contributed by atoms with van der Waals surface area (Å²) in [5.74, 6) is 0. The summed E-state index contributed by atoms with van der Waals surface area (Å²) in [5.41, 5.74) is 3.43. The van der Waals surface area contributed by atoms with Crippen LogP contribution in [0.25, 0.3) is 23.3 Å². The Morgan fingerprint density at radius 2 is 1.52 bits per heavy atom. The van der Waals surface area contributed by atoms with Gasteiger partial charge in [0.1, 0.15) is 4.90 Å². The third-order valence-electron chi connectivity index (χ3n) is 3.92. The maximum absolute atomic E-state index is 11.6. The fraction of sp³-hybridized carbons (Fsp3) is 0. The van der Waals surface area contributed by atoms with Gasteiger partial charge in [-0.05, 0) is 34.4 Å². The van der Waals surface area contributed by atoms with Crippen molar-refractivity contribution in [3.63, 3.8) is 0 Å². The molecule has 0 aliphatic carbocycles. The van der Waals surface area contributed by atoms with Gasteiger partial charge in [0.2, 0.25) is 6.08 Å². The number of rotatable bonds is 5. The SMILES string of the molecule is O=C=Nc1ccc(C=Cc2ccc(-c3ccccc3)cc2)c(S(=O)(=O)O)c1. The normalized spacial score (nSPS) is 11.3. The number of carbonyl (C=O) groups excluding carboxylic acids is 1. The molecular formula is C21H15NO4S. The molecule has 0 heterocycles. The van der Waals surface area contributed by atoms with Crippen molar-refractivity contribution in [2.45, 2.75) is 4.90 Å². The Hall–Kier alpha value is -3.31. The van der Waals surface area contributed by atoms with E-state index in [2.05, 4.69) is 4.99 Å². The van der Waals surface area contributed by atoms with Crippen molar-refractivity contribution < 1.29 is 17.8 Å². The molecule has 1 N–H and O–H groups in total. The Morgan fingerprint density at radius 3 is 2.15 bits per heavy atom. The largest absolute Gasteiger partial charge is 0.295 e. The third kappa shape index (κ3) is 4.65. The lowest BCUT2D eigenvalue weighted by molar-refractivity contribution is 0.483. The molecule has 3 aromatic carbocycles. The zero-order chi connectivity index (χ0) is 19.3. The fourth-order valence-electron chi connectivity index (χ4n) is 2.61. The van der Waals surface area contributed by atoms with Crippen LogP contribution in [-0.4, -0.2) is 19.1 Å². The van der Waals surface area contributed by atoms with Crippen molar-refractivity contribution in [2.24, 2.45) is 4.99 Å². The highest BCUT2D eigenvalue weighted by molar-refractivity contribution is 7.86. The van der Waals surface area contributed by atoms with Crippen LogP contribution in [0.15, 0.2) is 82.7 Å². The molecule has 0 unspecified atom stereocenters. The van der Waals surface area contributed by atoms with Crippen LogP contribution in [0.5, 0.6) is 0 Å². The molecule has 0 saturated carbocycles. The highest BCUT2D eigenvalue weighted by atomic mass is 32.2. The first-order valence-electron chi connectivity index (χ1n) is 8.00. The molecule has 3 aromatic rings. The maximum Gasteiger partial charge on any atom is 0.295 e. The van der Waals surface area contributed by atoms with Crippen LogP contribution < -0.4 is 0 Å². The summed E-state index contributed by atoms with van der Waals surface area (Å²) in [4.78, 5) is 13.4. The molecule has 5 nitrogen and oxygen atoms in total. The van der Waals surface area contributed by atoms with Gasteiger partial charge >= 0.3 is 0 Å². The quantitative estimate of drug-likeness (QED) is 0.301. The second-order valence-electron chi connectivity index (χ2n) is 5.72. The van der Waals surface area contributed by atoms with Gasteiger partial charge in [-0.15, -0.1) is 0 Å². The summed E-state index contributed by atoms with van der Waals surface area (Å²) < 4.78 is 32.6. The Bertz CT molecular complexity index is 1130. The van der Waals surface area contributed by atoms with Gasteiger partial charge < -0.3 is 0 Å². The average molecular weight is 377 g/mol. The van der Waals surface area contributed by atoms with E-state index >= 15 is 0 Å². The van der Waals surface area contributed by atoms with Crippen LogP contribution in [-0.2, 0) is 14.9 Å². The average Bonchev–Trinajstić information content (AvgIpc) is 2.67.